The Bertz CT molecular complexity index is 526. The number of carbonyl (C=O) groups is 1. The normalized spacial score (nSPS) is 20.2. The molecule has 1 aromatic rings. The summed E-state index contributed by atoms with van der Waals surface area (Å²) in [4.78, 5) is 14.1. The third-order valence-electron chi connectivity index (χ3n) is 4.55. The second-order valence-electron chi connectivity index (χ2n) is 5.94. The van der Waals surface area contributed by atoms with Crippen molar-refractivity contribution in [3.63, 3.8) is 0 Å². The van der Waals surface area contributed by atoms with Crippen molar-refractivity contribution >= 4 is 5.91 Å². The molecule has 2 aliphatic carbocycles. The van der Waals surface area contributed by atoms with Gasteiger partial charge in [0, 0.05) is 18.6 Å². The molecule has 1 atom stereocenters. The van der Waals surface area contributed by atoms with Crippen LogP contribution in [0.5, 0.6) is 5.75 Å². The summed E-state index contributed by atoms with van der Waals surface area (Å²) in [5, 5.41) is 3.33. The minimum absolute atomic E-state index is 0.105. The molecule has 0 saturated heterocycles. The Hall–Kier alpha value is -1.55. The van der Waals surface area contributed by atoms with E-state index >= 15 is 0 Å². The highest BCUT2D eigenvalue weighted by atomic mass is 16.5. The van der Waals surface area contributed by atoms with E-state index in [1.165, 1.54) is 11.1 Å². The molecule has 1 amide bonds. The second-order valence-corrected chi connectivity index (χ2v) is 5.94. The van der Waals surface area contributed by atoms with Gasteiger partial charge in [0.25, 0.3) is 5.91 Å². The highest BCUT2D eigenvalue weighted by Crippen LogP contribution is 2.33. The average molecular weight is 288 g/mol. The molecule has 0 heterocycles. The lowest BCUT2D eigenvalue weighted by molar-refractivity contribution is -0.133. The van der Waals surface area contributed by atoms with Gasteiger partial charge in [0.1, 0.15) is 5.75 Å². The lowest BCUT2D eigenvalue weighted by Gasteiger charge is -2.20. The zero-order chi connectivity index (χ0) is 14.8. The van der Waals surface area contributed by atoms with Crippen LogP contribution in [0.1, 0.15) is 43.4 Å². The van der Waals surface area contributed by atoms with Gasteiger partial charge in [-0.1, -0.05) is 6.07 Å². The third kappa shape index (κ3) is 3.05. The Morgan fingerprint density at radius 2 is 2.19 bits per heavy atom. The lowest BCUT2D eigenvalue weighted by Crippen LogP contribution is -2.36. The van der Waals surface area contributed by atoms with E-state index < -0.39 is 0 Å². The van der Waals surface area contributed by atoms with E-state index in [0.717, 1.165) is 38.0 Å². The number of hydrogen-bond acceptors (Lipinski definition) is 3. The molecule has 0 bridgehead atoms. The highest BCUT2D eigenvalue weighted by Gasteiger charge is 2.31. The number of hydrogen-bond donors (Lipinski definition) is 1. The van der Waals surface area contributed by atoms with Crippen LogP contribution >= 0.6 is 0 Å². The summed E-state index contributed by atoms with van der Waals surface area (Å²) >= 11 is 0. The quantitative estimate of drug-likeness (QED) is 0.873. The molecule has 0 radical (unpaired) electrons. The molecular formula is C17H24N2O2. The van der Waals surface area contributed by atoms with Crippen LogP contribution in [0.4, 0.5) is 0 Å². The lowest BCUT2D eigenvalue weighted by atomic mass is 10.1. The van der Waals surface area contributed by atoms with Gasteiger partial charge in [-0.3, -0.25) is 4.79 Å². The summed E-state index contributed by atoms with van der Waals surface area (Å²) in [7, 11) is 2.00. The molecule has 0 aliphatic heterocycles. The van der Waals surface area contributed by atoms with E-state index in [1.807, 2.05) is 24.9 Å². The van der Waals surface area contributed by atoms with E-state index in [0.29, 0.717) is 12.1 Å². The molecular weight excluding hydrogens is 264 g/mol. The van der Waals surface area contributed by atoms with Crippen molar-refractivity contribution < 1.29 is 9.53 Å². The number of nitrogens with zero attached hydrogens (tertiary/aromatic N) is 1. The second kappa shape index (κ2) is 6.06. The summed E-state index contributed by atoms with van der Waals surface area (Å²) in [5.74, 6) is 0.916. The molecule has 21 heavy (non-hydrogen) atoms. The molecule has 1 unspecified atom stereocenters. The van der Waals surface area contributed by atoms with Gasteiger partial charge >= 0.3 is 0 Å². The van der Waals surface area contributed by atoms with Crippen molar-refractivity contribution in [2.24, 2.45) is 0 Å². The fraction of sp³-hybridized carbons (Fsp3) is 0.588. The predicted octanol–water partition coefficient (Wildman–Crippen LogP) is 2.28. The van der Waals surface area contributed by atoms with Crippen LogP contribution < -0.4 is 10.1 Å². The number of fused-ring (bicyclic) bond motifs is 1. The number of rotatable bonds is 6. The maximum absolute atomic E-state index is 12.2. The Balaban J connectivity index is 1.60. The standard InChI is InChI=1S/C17H24N2O2/c1-3-19(13-5-6-13)17(20)11-21-14-7-8-15-12(10-14)4-9-16(15)18-2/h7-8,10,13,16,18H,3-6,9,11H2,1-2H3. The largest absolute Gasteiger partial charge is 0.484 e. The molecule has 2 aliphatic rings. The molecule has 3 rings (SSSR count). The first kappa shape index (κ1) is 14.4. The van der Waals surface area contributed by atoms with Gasteiger partial charge < -0.3 is 15.0 Å². The van der Waals surface area contributed by atoms with Crippen molar-refractivity contribution in [3.8, 4) is 5.75 Å². The van der Waals surface area contributed by atoms with E-state index in [-0.39, 0.29) is 12.5 Å². The number of ether oxygens (including phenoxy) is 1. The summed E-state index contributed by atoms with van der Waals surface area (Å²) in [6.07, 6.45) is 4.50. The van der Waals surface area contributed by atoms with Gasteiger partial charge in [-0.25, -0.2) is 0 Å². The van der Waals surface area contributed by atoms with Crippen molar-refractivity contribution in [1.82, 2.24) is 10.2 Å². The van der Waals surface area contributed by atoms with Gasteiger partial charge in [-0.05, 0) is 62.9 Å². The van der Waals surface area contributed by atoms with Crippen LogP contribution in [0.3, 0.4) is 0 Å². The van der Waals surface area contributed by atoms with Gasteiger partial charge in [0.05, 0.1) is 0 Å². The highest BCUT2D eigenvalue weighted by molar-refractivity contribution is 5.78. The summed E-state index contributed by atoms with van der Waals surface area (Å²) in [6, 6.07) is 7.12. The molecule has 114 valence electrons. The number of amides is 1. The topological polar surface area (TPSA) is 41.6 Å². The number of nitrogens with one attached hydrogen (secondary N) is 1. The number of benzene rings is 1. The average Bonchev–Trinajstić information content (AvgIpc) is 3.25. The fourth-order valence-corrected chi connectivity index (χ4v) is 3.24. The molecule has 0 aromatic heterocycles. The zero-order valence-corrected chi connectivity index (χ0v) is 12.9. The summed E-state index contributed by atoms with van der Waals surface area (Å²) in [5.41, 5.74) is 2.71. The minimum Gasteiger partial charge on any atom is -0.484 e. The first-order chi connectivity index (χ1) is 10.2. The Kier molecular flexibility index (Phi) is 4.15. The van der Waals surface area contributed by atoms with Crippen LogP contribution in [0.25, 0.3) is 0 Å². The zero-order valence-electron chi connectivity index (χ0n) is 12.9. The first-order valence-corrected chi connectivity index (χ1v) is 7.95. The summed E-state index contributed by atoms with van der Waals surface area (Å²) in [6.45, 7) is 2.96. The molecule has 1 aromatic carbocycles. The van der Waals surface area contributed by atoms with E-state index in [1.54, 1.807) is 0 Å². The molecule has 4 nitrogen and oxygen atoms in total. The van der Waals surface area contributed by atoms with Gasteiger partial charge in [-0.2, -0.15) is 0 Å². The van der Waals surface area contributed by atoms with Crippen molar-refractivity contribution in [1.29, 1.82) is 0 Å². The smallest absolute Gasteiger partial charge is 0.260 e. The van der Waals surface area contributed by atoms with Crippen LogP contribution in [0, 0.1) is 0 Å². The Labute approximate surface area is 126 Å². The van der Waals surface area contributed by atoms with Crippen LogP contribution in [-0.4, -0.2) is 37.0 Å². The fourth-order valence-electron chi connectivity index (χ4n) is 3.24. The van der Waals surface area contributed by atoms with Crippen molar-refractivity contribution in [2.45, 2.75) is 44.7 Å². The number of aryl methyl sites for hydroxylation is 1. The Morgan fingerprint density at radius 1 is 1.38 bits per heavy atom. The van der Waals surface area contributed by atoms with Crippen LogP contribution in [0.15, 0.2) is 18.2 Å². The molecule has 1 saturated carbocycles. The van der Waals surface area contributed by atoms with E-state index in [9.17, 15) is 4.79 Å². The number of likely N-dealkylation sites (N-methyl/N-ethyl adjacent to an activating group) is 1. The minimum atomic E-state index is 0.105. The first-order valence-electron chi connectivity index (χ1n) is 7.95. The van der Waals surface area contributed by atoms with Gasteiger partial charge in [0.15, 0.2) is 6.61 Å². The van der Waals surface area contributed by atoms with Crippen molar-refractivity contribution in [2.75, 3.05) is 20.2 Å². The van der Waals surface area contributed by atoms with Crippen molar-refractivity contribution in [3.05, 3.63) is 29.3 Å². The molecule has 1 N–H and O–H groups in total. The van der Waals surface area contributed by atoms with Gasteiger partial charge in [0.2, 0.25) is 0 Å². The van der Waals surface area contributed by atoms with Crippen LogP contribution in [-0.2, 0) is 11.2 Å². The number of carbonyl (C=O) groups excluding carboxylic acids is 1. The maximum atomic E-state index is 12.2. The Morgan fingerprint density at radius 3 is 2.86 bits per heavy atom. The molecule has 1 fully saturated rings. The predicted molar refractivity (Wildman–Crippen MR) is 82.5 cm³/mol. The maximum Gasteiger partial charge on any atom is 0.260 e. The molecule has 0 spiro atoms. The van der Waals surface area contributed by atoms with E-state index in [2.05, 4.69) is 17.4 Å². The monoisotopic (exact) mass is 288 g/mol. The molecule has 4 heteroatoms. The van der Waals surface area contributed by atoms with E-state index in [4.69, 9.17) is 4.74 Å². The van der Waals surface area contributed by atoms with Crippen LogP contribution in [0.2, 0.25) is 0 Å². The summed E-state index contributed by atoms with van der Waals surface area (Å²) < 4.78 is 5.71. The SMILES string of the molecule is CCN(C(=O)COc1ccc2c(c1)CCC2NC)C1CC1. The van der Waals surface area contributed by atoms with Gasteiger partial charge in [-0.15, -0.1) is 0 Å². The third-order valence-corrected chi connectivity index (χ3v) is 4.55.